The molecular formula is C18H27ClN4O3S. The van der Waals surface area contributed by atoms with Gasteiger partial charge < -0.3 is 10.6 Å². The lowest BCUT2D eigenvalue weighted by Crippen LogP contribution is -2.55. The molecule has 7 nitrogen and oxygen atoms in total. The summed E-state index contributed by atoms with van der Waals surface area (Å²) < 4.78 is 23.5. The molecule has 0 bridgehead atoms. The van der Waals surface area contributed by atoms with Crippen LogP contribution in [-0.2, 0) is 14.6 Å². The first kappa shape index (κ1) is 20.3. The normalized spacial score (nSPS) is 30.7. The van der Waals surface area contributed by atoms with E-state index in [1.54, 1.807) is 13.0 Å². The second-order valence-electron chi connectivity index (χ2n) is 7.84. The minimum Gasteiger partial charge on any atom is -0.353 e. The maximum atomic E-state index is 12.6. The molecule has 2 aliphatic rings. The molecule has 0 spiro atoms. The second kappa shape index (κ2) is 7.91. The molecule has 1 aliphatic carbocycles. The van der Waals surface area contributed by atoms with Gasteiger partial charge in [0.15, 0.2) is 9.84 Å². The summed E-state index contributed by atoms with van der Waals surface area (Å²) in [6.07, 6.45) is 6.32. The third kappa shape index (κ3) is 4.71. The van der Waals surface area contributed by atoms with Gasteiger partial charge in [0.25, 0.3) is 0 Å². The number of hydrogen-bond acceptors (Lipinski definition) is 6. The largest absolute Gasteiger partial charge is 0.353 e. The number of carbonyl (C=O) groups excluding carboxylic acids is 1. The molecule has 150 valence electrons. The Balaban J connectivity index is 1.70. The molecule has 3 rings (SSSR count). The summed E-state index contributed by atoms with van der Waals surface area (Å²) in [5.74, 6) is 0.577. The molecule has 5 unspecified atom stereocenters. The fourth-order valence-electron chi connectivity index (χ4n) is 4.00. The molecule has 1 aromatic rings. The van der Waals surface area contributed by atoms with Crippen molar-refractivity contribution in [2.24, 2.45) is 11.8 Å². The maximum Gasteiger partial charge on any atom is 0.225 e. The Labute approximate surface area is 165 Å². The van der Waals surface area contributed by atoms with Gasteiger partial charge >= 0.3 is 0 Å². The lowest BCUT2D eigenvalue weighted by Gasteiger charge is -2.42. The summed E-state index contributed by atoms with van der Waals surface area (Å²) in [6, 6.07) is 1.65. The summed E-state index contributed by atoms with van der Waals surface area (Å²) in [4.78, 5) is 21.1. The SMILES string of the molecule is CC(c1ccnc(N[C@@H](C)C2CC3CC(Cl)CCC3NC2=O)n1)S(C)(=O)=O. The monoisotopic (exact) mass is 414 g/mol. The van der Waals surface area contributed by atoms with Crippen molar-refractivity contribution in [3.05, 3.63) is 18.0 Å². The van der Waals surface area contributed by atoms with Crippen LogP contribution in [0.3, 0.4) is 0 Å². The number of halogens is 1. The number of nitrogens with one attached hydrogen (secondary N) is 2. The zero-order valence-corrected chi connectivity index (χ0v) is 17.4. The quantitative estimate of drug-likeness (QED) is 0.717. The molecule has 27 heavy (non-hydrogen) atoms. The van der Waals surface area contributed by atoms with Gasteiger partial charge in [0, 0.05) is 29.9 Å². The molecule has 2 N–H and O–H groups in total. The van der Waals surface area contributed by atoms with Gasteiger partial charge in [-0.1, -0.05) is 0 Å². The standard InChI is InChI=1S/C18H27ClN4O3S/c1-10(14-9-12-8-13(19)4-5-16(12)22-17(14)24)21-18-20-7-6-15(23-18)11(2)27(3,25)26/h6-7,10-14,16H,4-5,8-9H2,1-3H3,(H,22,24)(H,20,21,23)/t10-,11?,12?,13?,14?,16?/m0/s1. The van der Waals surface area contributed by atoms with Crippen LogP contribution >= 0.6 is 11.6 Å². The van der Waals surface area contributed by atoms with Crippen LogP contribution in [0.4, 0.5) is 5.95 Å². The summed E-state index contributed by atoms with van der Waals surface area (Å²) in [7, 11) is -3.24. The maximum absolute atomic E-state index is 12.6. The zero-order chi connectivity index (χ0) is 19.8. The van der Waals surface area contributed by atoms with E-state index in [4.69, 9.17) is 11.6 Å². The molecule has 2 fully saturated rings. The number of hydrogen-bond donors (Lipinski definition) is 2. The van der Waals surface area contributed by atoms with E-state index in [2.05, 4.69) is 20.6 Å². The van der Waals surface area contributed by atoms with E-state index in [0.717, 1.165) is 25.7 Å². The number of fused-ring (bicyclic) bond motifs is 1. The third-order valence-corrected chi connectivity index (χ3v) is 7.76. The molecule has 1 saturated heterocycles. The van der Waals surface area contributed by atoms with Gasteiger partial charge in [0.1, 0.15) is 5.25 Å². The fourth-order valence-corrected chi connectivity index (χ4v) is 4.93. The Morgan fingerprint density at radius 2 is 2.04 bits per heavy atom. The zero-order valence-electron chi connectivity index (χ0n) is 15.9. The topological polar surface area (TPSA) is 101 Å². The van der Waals surface area contributed by atoms with Crippen molar-refractivity contribution < 1.29 is 13.2 Å². The Kier molecular flexibility index (Phi) is 5.96. The molecule has 1 amide bonds. The molecule has 1 saturated carbocycles. The van der Waals surface area contributed by atoms with Gasteiger partial charge in [-0.25, -0.2) is 18.4 Å². The Bertz CT molecular complexity index is 804. The molecule has 6 atom stereocenters. The van der Waals surface area contributed by atoms with Crippen molar-refractivity contribution in [2.75, 3.05) is 11.6 Å². The van der Waals surface area contributed by atoms with E-state index in [9.17, 15) is 13.2 Å². The highest BCUT2D eigenvalue weighted by atomic mass is 35.5. The van der Waals surface area contributed by atoms with Gasteiger partial charge in [-0.15, -0.1) is 11.6 Å². The van der Waals surface area contributed by atoms with Gasteiger partial charge in [-0.2, -0.15) is 0 Å². The molecule has 2 heterocycles. The first-order valence-corrected chi connectivity index (χ1v) is 11.8. The van der Waals surface area contributed by atoms with Crippen LogP contribution in [0.5, 0.6) is 0 Å². The smallest absolute Gasteiger partial charge is 0.225 e. The average molecular weight is 415 g/mol. The Morgan fingerprint density at radius 3 is 2.74 bits per heavy atom. The van der Waals surface area contributed by atoms with Crippen LogP contribution in [0.25, 0.3) is 0 Å². The lowest BCUT2D eigenvalue weighted by atomic mass is 9.74. The summed E-state index contributed by atoms with van der Waals surface area (Å²) in [6.45, 7) is 3.53. The fraction of sp³-hybridized carbons (Fsp3) is 0.722. The van der Waals surface area contributed by atoms with Gasteiger partial charge in [0.05, 0.1) is 11.6 Å². The Morgan fingerprint density at radius 1 is 1.30 bits per heavy atom. The van der Waals surface area contributed by atoms with Crippen molar-refractivity contribution in [3.63, 3.8) is 0 Å². The van der Waals surface area contributed by atoms with E-state index in [-0.39, 0.29) is 29.3 Å². The highest BCUT2D eigenvalue weighted by Gasteiger charge is 2.41. The van der Waals surface area contributed by atoms with Gasteiger partial charge in [0.2, 0.25) is 11.9 Å². The number of nitrogens with zero attached hydrogens (tertiary/aromatic N) is 2. The van der Waals surface area contributed by atoms with E-state index >= 15 is 0 Å². The van der Waals surface area contributed by atoms with Crippen LogP contribution in [0.2, 0.25) is 0 Å². The third-order valence-electron chi connectivity index (χ3n) is 5.84. The van der Waals surface area contributed by atoms with E-state index < -0.39 is 15.1 Å². The van der Waals surface area contributed by atoms with Crippen molar-refractivity contribution in [2.45, 2.75) is 62.2 Å². The molecule has 0 radical (unpaired) electrons. The minimum atomic E-state index is -3.24. The predicted molar refractivity (Wildman–Crippen MR) is 105 cm³/mol. The summed E-state index contributed by atoms with van der Waals surface area (Å²) >= 11 is 6.32. The van der Waals surface area contributed by atoms with Crippen molar-refractivity contribution in [1.82, 2.24) is 15.3 Å². The predicted octanol–water partition coefficient (Wildman–Crippen LogP) is 2.29. The number of piperidine rings is 1. The van der Waals surface area contributed by atoms with E-state index in [1.165, 1.54) is 12.5 Å². The first-order chi connectivity index (χ1) is 12.6. The second-order valence-corrected chi connectivity index (χ2v) is 10.8. The van der Waals surface area contributed by atoms with E-state index in [1.807, 2.05) is 6.92 Å². The molecule has 1 aliphatic heterocycles. The highest BCUT2D eigenvalue weighted by molar-refractivity contribution is 7.90. The minimum absolute atomic E-state index is 0.0462. The number of amides is 1. The Hall–Kier alpha value is -1.41. The number of rotatable bonds is 5. The van der Waals surface area contributed by atoms with Crippen LogP contribution in [-0.4, -0.2) is 48.0 Å². The average Bonchev–Trinajstić information content (AvgIpc) is 2.60. The summed E-state index contributed by atoms with van der Waals surface area (Å²) in [5.41, 5.74) is 0.438. The molecular weight excluding hydrogens is 388 g/mol. The van der Waals surface area contributed by atoms with Crippen LogP contribution in [0, 0.1) is 11.8 Å². The molecule has 1 aromatic heterocycles. The number of anilines is 1. The van der Waals surface area contributed by atoms with Crippen molar-refractivity contribution in [1.29, 1.82) is 0 Å². The number of carbonyl (C=O) groups is 1. The summed E-state index contributed by atoms with van der Waals surface area (Å²) in [5, 5.41) is 5.80. The first-order valence-electron chi connectivity index (χ1n) is 9.38. The van der Waals surface area contributed by atoms with Crippen molar-refractivity contribution in [3.8, 4) is 0 Å². The van der Waals surface area contributed by atoms with Crippen LogP contribution in [0.15, 0.2) is 12.3 Å². The highest BCUT2D eigenvalue weighted by Crippen LogP contribution is 2.36. The van der Waals surface area contributed by atoms with Gasteiger partial charge in [-0.3, -0.25) is 4.79 Å². The van der Waals surface area contributed by atoms with E-state index in [0.29, 0.717) is 17.6 Å². The van der Waals surface area contributed by atoms with Crippen LogP contribution < -0.4 is 10.6 Å². The van der Waals surface area contributed by atoms with Crippen LogP contribution in [0.1, 0.15) is 50.5 Å². The lowest BCUT2D eigenvalue weighted by molar-refractivity contribution is -0.130. The van der Waals surface area contributed by atoms with Crippen molar-refractivity contribution >= 4 is 33.3 Å². The number of sulfone groups is 1. The molecule has 9 heteroatoms. The van der Waals surface area contributed by atoms with Gasteiger partial charge in [-0.05, 0) is 51.5 Å². The molecule has 0 aromatic carbocycles. The number of aromatic nitrogens is 2. The number of alkyl halides is 1.